The largest absolute Gasteiger partial charge is 0.468 e. The molecule has 0 spiro atoms. The lowest BCUT2D eigenvalue weighted by Gasteiger charge is -2.35. The van der Waals surface area contributed by atoms with Gasteiger partial charge < -0.3 is 15.0 Å². The zero-order valence-electron chi connectivity index (χ0n) is 14.6. The minimum atomic E-state index is -0.446. The Labute approximate surface area is 130 Å². The SMILES string of the molecule is CCNC1(C(=O)OC)CCCC1CCN(CC)C(C)CC. The normalized spacial score (nSPS) is 27.0. The van der Waals surface area contributed by atoms with E-state index in [4.69, 9.17) is 4.74 Å². The van der Waals surface area contributed by atoms with Crippen LogP contribution in [-0.2, 0) is 9.53 Å². The first-order valence-corrected chi connectivity index (χ1v) is 8.63. The number of hydrogen-bond donors (Lipinski definition) is 1. The van der Waals surface area contributed by atoms with E-state index in [0.717, 1.165) is 45.3 Å². The maximum atomic E-state index is 12.3. The number of esters is 1. The lowest BCUT2D eigenvalue weighted by Crippen LogP contribution is -2.55. The first-order valence-electron chi connectivity index (χ1n) is 8.63. The highest BCUT2D eigenvalue weighted by Crippen LogP contribution is 2.39. The molecule has 3 unspecified atom stereocenters. The Morgan fingerprint density at radius 1 is 1.43 bits per heavy atom. The van der Waals surface area contributed by atoms with Gasteiger partial charge in [0.2, 0.25) is 0 Å². The molecule has 1 fully saturated rings. The molecule has 4 nitrogen and oxygen atoms in total. The number of nitrogens with one attached hydrogen (secondary N) is 1. The predicted molar refractivity (Wildman–Crippen MR) is 87.4 cm³/mol. The van der Waals surface area contributed by atoms with Gasteiger partial charge in [-0.1, -0.05) is 27.2 Å². The van der Waals surface area contributed by atoms with E-state index >= 15 is 0 Å². The first-order chi connectivity index (χ1) is 10.1. The topological polar surface area (TPSA) is 41.6 Å². The van der Waals surface area contributed by atoms with Crippen LogP contribution >= 0.6 is 0 Å². The third kappa shape index (κ3) is 4.19. The van der Waals surface area contributed by atoms with Gasteiger partial charge in [0.1, 0.15) is 5.54 Å². The lowest BCUT2D eigenvalue weighted by molar-refractivity contribution is -0.150. The third-order valence-electron chi connectivity index (χ3n) is 5.25. The number of hydrogen-bond acceptors (Lipinski definition) is 4. The number of carbonyl (C=O) groups is 1. The minimum absolute atomic E-state index is 0.0709. The molecule has 0 saturated heterocycles. The van der Waals surface area contributed by atoms with Gasteiger partial charge >= 0.3 is 5.97 Å². The molecule has 0 aromatic carbocycles. The van der Waals surface area contributed by atoms with Crippen LogP contribution in [0.15, 0.2) is 0 Å². The summed E-state index contributed by atoms with van der Waals surface area (Å²) >= 11 is 0. The Balaban J connectivity index is 2.73. The average molecular weight is 298 g/mol. The summed E-state index contributed by atoms with van der Waals surface area (Å²) in [6, 6.07) is 0.614. The molecule has 0 radical (unpaired) electrons. The molecular weight excluding hydrogens is 264 g/mol. The van der Waals surface area contributed by atoms with Crippen molar-refractivity contribution in [3.63, 3.8) is 0 Å². The number of carbonyl (C=O) groups excluding carboxylic acids is 1. The van der Waals surface area contributed by atoms with Crippen LogP contribution in [0.2, 0.25) is 0 Å². The smallest absolute Gasteiger partial charge is 0.326 e. The summed E-state index contributed by atoms with van der Waals surface area (Å²) in [5.74, 6) is 0.321. The van der Waals surface area contributed by atoms with Gasteiger partial charge in [-0.2, -0.15) is 0 Å². The lowest BCUT2D eigenvalue weighted by atomic mass is 9.84. The van der Waals surface area contributed by atoms with Crippen molar-refractivity contribution in [1.29, 1.82) is 0 Å². The van der Waals surface area contributed by atoms with Crippen molar-refractivity contribution in [1.82, 2.24) is 10.2 Å². The average Bonchev–Trinajstić information content (AvgIpc) is 2.91. The Morgan fingerprint density at radius 3 is 2.67 bits per heavy atom. The van der Waals surface area contributed by atoms with E-state index in [9.17, 15) is 4.79 Å². The van der Waals surface area contributed by atoms with E-state index in [-0.39, 0.29) is 5.97 Å². The summed E-state index contributed by atoms with van der Waals surface area (Å²) in [5, 5.41) is 3.45. The van der Waals surface area contributed by atoms with Gasteiger partial charge in [0.25, 0.3) is 0 Å². The molecule has 124 valence electrons. The van der Waals surface area contributed by atoms with Crippen LogP contribution in [0.5, 0.6) is 0 Å². The third-order valence-corrected chi connectivity index (χ3v) is 5.25. The van der Waals surface area contributed by atoms with E-state index in [2.05, 4.69) is 37.9 Å². The molecule has 1 saturated carbocycles. The van der Waals surface area contributed by atoms with Crippen LogP contribution in [0.3, 0.4) is 0 Å². The van der Waals surface area contributed by atoms with E-state index in [1.807, 2.05) is 0 Å². The van der Waals surface area contributed by atoms with Crippen molar-refractivity contribution >= 4 is 5.97 Å². The minimum Gasteiger partial charge on any atom is -0.468 e. The molecule has 0 aromatic heterocycles. The second kappa shape index (κ2) is 8.74. The molecule has 0 bridgehead atoms. The number of rotatable bonds is 9. The van der Waals surface area contributed by atoms with Gasteiger partial charge in [-0.3, -0.25) is 4.79 Å². The number of methoxy groups -OCH3 is 1. The highest BCUT2D eigenvalue weighted by molar-refractivity contribution is 5.81. The number of nitrogens with zero attached hydrogens (tertiary/aromatic N) is 1. The van der Waals surface area contributed by atoms with E-state index in [0.29, 0.717) is 12.0 Å². The van der Waals surface area contributed by atoms with Crippen molar-refractivity contribution in [2.24, 2.45) is 5.92 Å². The molecule has 21 heavy (non-hydrogen) atoms. The Kier molecular flexibility index (Phi) is 7.67. The summed E-state index contributed by atoms with van der Waals surface area (Å²) in [7, 11) is 1.51. The quantitative estimate of drug-likeness (QED) is 0.665. The maximum Gasteiger partial charge on any atom is 0.326 e. The van der Waals surface area contributed by atoms with Crippen LogP contribution < -0.4 is 5.32 Å². The molecular formula is C17H34N2O2. The molecule has 0 heterocycles. The van der Waals surface area contributed by atoms with E-state index in [1.165, 1.54) is 13.5 Å². The summed E-state index contributed by atoms with van der Waals surface area (Å²) in [6.45, 7) is 11.8. The van der Waals surface area contributed by atoms with Gasteiger partial charge in [0, 0.05) is 6.04 Å². The molecule has 3 atom stereocenters. The zero-order chi connectivity index (χ0) is 15.9. The van der Waals surface area contributed by atoms with Gasteiger partial charge in [-0.15, -0.1) is 0 Å². The summed E-state index contributed by atoms with van der Waals surface area (Å²) in [4.78, 5) is 14.9. The first kappa shape index (κ1) is 18.4. The molecule has 4 heteroatoms. The van der Waals surface area contributed by atoms with E-state index in [1.54, 1.807) is 0 Å². The predicted octanol–water partition coefficient (Wildman–Crippen LogP) is 2.82. The van der Waals surface area contributed by atoms with Gasteiger partial charge in [-0.05, 0) is 58.2 Å². The van der Waals surface area contributed by atoms with Crippen molar-refractivity contribution < 1.29 is 9.53 Å². The van der Waals surface area contributed by atoms with E-state index < -0.39 is 5.54 Å². The Hall–Kier alpha value is -0.610. The maximum absolute atomic E-state index is 12.3. The Morgan fingerprint density at radius 2 is 2.14 bits per heavy atom. The second-order valence-corrected chi connectivity index (χ2v) is 6.26. The number of likely N-dealkylation sites (N-methyl/N-ethyl adjacent to an activating group) is 1. The monoisotopic (exact) mass is 298 g/mol. The summed E-state index contributed by atoms with van der Waals surface area (Å²) < 4.78 is 5.11. The van der Waals surface area contributed by atoms with Gasteiger partial charge in [0.05, 0.1) is 7.11 Å². The van der Waals surface area contributed by atoms with Crippen molar-refractivity contribution in [2.75, 3.05) is 26.7 Å². The fraction of sp³-hybridized carbons (Fsp3) is 0.941. The van der Waals surface area contributed by atoms with Crippen LogP contribution in [-0.4, -0.2) is 49.2 Å². The van der Waals surface area contributed by atoms with Gasteiger partial charge in [-0.25, -0.2) is 0 Å². The van der Waals surface area contributed by atoms with Crippen LogP contribution in [0.4, 0.5) is 0 Å². The van der Waals surface area contributed by atoms with Crippen LogP contribution in [0.1, 0.15) is 59.8 Å². The molecule has 1 N–H and O–H groups in total. The standard InChI is InChI=1S/C17H34N2O2/c1-6-14(4)19(8-3)13-11-15-10-9-12-17(15,18-7-2)16(20)21-5/h14-15,18H,6-13H2,1-5H3. The van der Waals surface area contributed by atoms with Crippen LogP contribution in [0, 0.1) is 5.92 Å². The highest BCUT2D eigenvalue weighted by atomic mass is 16.5. The Bertz CT molecular complexity index is 322. The molecule has 0 aliphatic heterocycles. The van der Waals surface area contributed by atoms with Crippen molar-refractivity contribution in [2.45, 2.75) is 71.4 Å². The van der Waals surface area contributed by atoms with Crippen molar-refractivity contribution in [3.8, 4) is 0 Å². The zero-order valence-corrected chi connectivity index (χ0v) is 14.6. The molecule has 1 aliphatic carbocycles. The fourth-order valence-electron chi connectivity index (χ4n) is 3.81. The van der Waals surface area contributed by atoms with Crippen LogP contribution in [0.25, 0.3) is 0 Å². The fourth-order valence-corrected chi connectivity index (χ4v) is 3.81. The molecule has 0 amide bonds. The summed E-state index contributed by atoms with van der Waals surface area (Å²) in [5.41, 5.74) is -0.446. The van der Waals surface area contributed by atoms with Crippen molar-refractivity contribution in [3.05, 3.63) is 0 Å². The molecule has 1 rings (SSSR count). The number of ether oxygens (including phenoxy) is 1. The second-order valence-electron chi connectivity index (χ2n) is 6.26. The molecule has 0 aromatic rings. The molecule has 1 aliphatic rings. The summed E-state index contributed by atoms with van der Waals surface area (Å²) in [6.07, 6.45) is 5.39. The highest BCUT2D eigenvalue weighted by Gasteiger charge is 2.49. The van der Waals surface area contributed by atoms with Gasteiger partial charge in [0.15, 0.2) is 0 Å².